The van der Waals surface area contributed by atoms with E-state index in [0.29, 0.717) is 0 Å². The van der Waals surface area contributed by atoms with Crippen molar-refractivity contribution >= 4 is 76.2 Å². The van der Waals surface area contributed by atoms with Gasteiger partial charge in [0.15, 0.2) is 0 Å². The zero-order valence-corrected chi connectivity index (χ0v) is 31.3. The number of aromatic nitrogens is 5. The van der Waals surface area contributed by atoms with Crippen molar-refractivity contribution in [1.82, 2.24) is 24.9 Å². The van der Waals surface area contributed by atoms with E-state index in [9.17, 15) is 0 Å². The van der Waals surface area contributed by atoms with Crippen molar-refractivity contribution in [3.63, 3.8) is 0 Å². The number of nitrogens with one attached hydrogen (secondary N) is 3. The molecule has 56 heavy (non-hydrogen) atoms. The van der Waals surface area contributed by atoms with Crippen LogP contribution in [0, 0.1) is 0 Å². The SMILES string of the molecule is c1ccc2[nH]c(-c3c(-c4cc5ccccc5s4)c(-c4nccs4)c(-c4nc5ccccc5[nH]4)c(-c4occ5ccccc45)c3-c3[nH]cc4ccccc34)cc2c1. The van der Waals surface area contributed by atoms with E-state index in [4.69, 9.17) is 14.4 Å². The molecule has 0 aliphatic rings. The van der Waals surface area contributed by atoms with E-state index in [0.717, 1.165) is 110 Å². The van der Waals surface area contributed by atoms with Gasteiger partial charge in [0, 0.05) is 93.5 Å². The molecule has 6 aromatic carbocycles. The molecule has 0 spiro atoms. The average Bonchev–Trinajstić information content (AvgIpc) is 4.10. The summed E-state index contributed by atoms with van der Waals surface area (Å²) in [5.41, 5.74) is 10.9. The first-order chi connectivity index (χ1) is 27.8. The molecule has 0 fully saturated rings. The molecule has 6 heterocycles. The summed E-state index contributed by atoms with van der Waals surface area (Å²) in [4.78, 5) is 23.1. The number of fused-ring (bicyclic) bond motifs is 5. The van der Waals surface area contributed by atoms with E-state index in [2.05, 4.69) is 148 Å². The molecule has 0 saturated heterocycles. The molecule has 0 aliphatic carbocycles. The summed E-state index contributed by atoms with van der Waals surface area (Å²) in [6.45, 7) is 0. The van der Waals surface area contributed by atoms with Crippen molar-refractivity contribution in [3.05, 3.63) is 157 Å². The van der Waals surface area contributed by atoms with Crippen molar-refractivity contribution < 1.29 is 4.42 Å². The lowest BCUT2D eigenvalue weighted by Gasteiger charge is -2.24. The van der Waals surface area contributed by atoms with Gasteiger partial charge in [0.1, 0.15) is 16.6 Å². The molecule has 0 bridgehead atoms. The van der Waals surface area contributed by atoms with Crippen LogP contribution in [0.2, 0.25) is 0 Å². The van der Waals surface area contributed by atoms with Gasteiger partial charge in [0.05, 0.1) is 23.0 Å². The highest BCUT2D eigenvalue weighted by molar-refractivity contribution is 7.22. The number of para-hydroxylation sites is 3. The number of hydrogen-bond acceptors (Lipinski definition) is 5. The van der Waals surface area contributed by atoms with Crippen LogP contribution in [0.1, 0.15) is 0 Å². The van der Waals surface area contributed by atoms with Crippen molar-refractivity contribution in [2.24, 2.45) is 0 Å². The summed E-state index contributed by atoms with van der Waals surface area (Å²) >= 11 is 3.44. The van der Waals surface area contributed by atoms with Gasteiger partial charge in [0.2, 0.25) is 0 Å². The first-order valence-corrected chi connectivity index (χ1v) is 20.2. The standard InChI is InChI=1S/C48H29N5OS2/c1-5-15-31-29(13-1)25-50-45(31)41-39(36-23-27-11-3-7-17-33(27)51-36)40(38-24-28-12-4-10-20-37(28)56-38)44(48-49-21-22-55-48)43(47-52-34-18-8-9-19-35(34)53-47)42(41)46-32-16-6-2-14-30(32)26-54-46/h1-26,50-51H,(H,52,53). The molecule has 264 valence electrons. The predicted octanol–water partition coefficient (Wildman–Crippen LogP) is 13.9. The summed E-state index contributed by atoms with van der Waals surface area (Å²) in [5, 5.41) is 9.56. The van der Waals surface area contributed by atoms with Crippen molar-refractivity contribution in [3.8, 4) is 66.2 Å². The normalized spacial score (nSPS) is 11.9. The van der Waals surface area contributed by atoms with Crippen LogP contribution in [-0.2, 0) is 0 Å². The number of hydrogen-bond donors (Lipinski definition) is 3. The number of aromatic amines is 3. The number of imidazole rings is 1. The van der Waals surface area contributed by atoms with E-state index in [1.54, 1.807) is 22.7 Å². The number of H-pyrrole nitrogens is 3. The van der Waals surface area contributed by atoms with Gasteiger partial charge in [-0.15, -0.1) is 22.7 Å². The van der Waals surface area contributed by atoms with Crippen LogP contribution in [0.3, 0.4) is 0 Å². The number of nitrogens with zero attached hydrogens (tertiary/aromatic N) is 2. The second-order valence-corrected chi connectivity index (χ2v) is 16.0. The molecule has 3 N–H and O–H groups in total. The van der Waals surface area contributed by atoms with E-state index in [1.165, 1.54) is 10.1 Å². The summed E-state index contributed by atoms with van der Waals surface area (Å²) in [7, 11) is 0. The molecule has 0 amide bonds. The monoisotopic (exact) mass is 755 g/mol. The maximum Gasteiger partial charge on any atom is 0.143 e. The molecule has 12 rings (SSSR count). The van der Waals surface area contributed by atoms with Gasteiger partial charge >= 0.3 is 0 Å². The summed E-state index contributed by atoms with van der Waals surface area (Å²) in [6, 6.07) is 46.9. The average molecular weight is 756 g/mol. The highest BCUT2D eigenvalue weighted by Gasteiger charge is 2.35. The Kier molecular flexibility index (Phi) is 6.87. The third-order valence-electron chi connectivity index (χ3n) is 10.8. The number of thiazole rings is 1. The largest absolute Gasteiger partial charge is 0.463 e. The third-order valence-corrected chi connectivity index (χ3v) is 12.8. The van der Waals surface area contributed by atoms with Gasteiger partial charge in [-0.05, 0) is 47.2 Å². The zero-order chi connectivity index (χ0) is 36.7. The second kappa shape index (κ2) is 12.3. The van der Waals surface area contributed by atoms with Crippen LogP contribution < -0.4 is 0 Å². The Balaban J connectivity index is 1.39. The Morgan fingerprint density at radius 1 is 0.571 bits per heavy atom. The number of rotatable bonds is 6. The van der Waals surface area contributed by atoms with Gasteiger partial charge in [-0.3, -0.25) is 0 Å². The summed E-state index contributed by atoms with van der Waals surface area (Å²) in [5.74, 6) is 1.51. The van der Waals surface area contributed by atoms with Gasteiger partial charge in [0.25, 0.3) is 0 Å². The first kappa shape index (κ1) is 31.4. The van der Waals surface area contributed by atoms with Crippen LogP contribution in [-0.4, -0.2) is 24.9 Å². The third kappa shape index (κ3) is 4.73. The quantitative estimate of drug-likeness (QED) is 0.158. The number of furan rings is 1. The Hall–Kier alpha value is -7.00. The minimum Gasteiger partial charge on any atom is -0.463 e. The molecular formula is C48H29N5OS2. The minimum atomic E-state index is 0.745. The van der Waals surface area contributed by atoms with Crippen LogP contribution in [0.25, 0.3) is 120 Å². The second-order valence-electron chi connectivity index (χ2n) is 14.0. The minimum absolute atomic E-state index is 0.745. The molecule has 6 nitrogen and oxygen atoms in total. The van der Waals surface area contributed by atoms with Gasteiger partial charge in [-0.1, -0.05) is 97.1 Å². The highest BCUT2D eigenvalue weighted by atomic mass is 32.1. The zero-order valence-electron chi connectivity index (χ0n) is 29.6. The van der Waals surface area contributed by atoms with Crippen LogP contribution in [0.5, 0.6) is 0 Å². The van der Waals surface area contributed by atoms with Crippen LogP contribution in [0.15, 0.2) is 162 Å². The molecule has 0 atom stereocenters. The maximum absolute atomic E-state index is 6.82. The van der Waals surface area contributed by atoms with E-state index in [1.807, 2.05) is 24.6 Å². The molecular weight excluding hydrogens is 727 g/mol. The van der Waals surface area contributed by atoms with Gasteiger partial charge in [-0.2, -0.15) is 0 Å². The summed E-state index contributed by atoms with van der Waals surface area (Å²) in [6.07, 6.45) is 5.88. The van der Waals surface area contributed by atoms with Crippen molar-refractivity contribution in [2.45, 2.75) is 0 Å². The lowest BCUT2D eigenvalue weighted by molar-refractivity contribution is 0.587. The lowest BCUT2D eigenvalue weighted by atomic mass is 9.81. The smallest absolute Gasteiger partial charge is 0.143 e. The molecule has 0 aliphatic heterocycles. The predicted molar refractivity (Wildman–Crippen MR) is 233 cm³/mol. The molecule has 0 unspecified atom stereocenters. The van der Waals surface area contributed by atoms with Crippen molar-refractivity contribution in [1.29, 1.82) is 0 Å². The molecule has 0 radical (unpaired) electrons. The Morgan fingerprint density at radius 2 is 1.32 bits per heavy atom. The number of benzene rings is 6. The molecule has 12 aromatic rings. The van der Waals surface area contributed by atoms with Crippen molar-refractivity contribution in [2.75, 3.05) is 0 Å². The fourth-order valence-corrected chi connectivity index (χ4v) is 10.2. The van der Waals surface area contributed by atoms with E-state index in [-0.39, 0.29) is 0 Å². The van der Waals surface area contributed by atoms with Crippen LogP contribution in [0.4, 0.5) is 0 Å². The Morgan fingerprint density at radius 3 is 2.14 bits per heavy atom. The fourth-order valence-electron chi connectivity index (χ4n) is 8.40. The number of thiophene rings is 1. The highest BCUT2D eigenvalue weighted by Crippen LogP contribution is 2.58. The van der Waals surface area contributed by atoms with Gasteiger partial charge in [-0.25, -0.2) is 9.97 Å². The van der Waals surface area contributed by atoms with E-state index >= 15 is 0 Å². The topological polar surface area (TPSA) is 86.3 Å². The summed E-state index contributed by atoms with van der Waals surface area (Å²) < 4.78 is 8.04. The van der Waals surface area contributed by atoms with Gasteiger partial charge < -0.3 is 19.4 Å². The molecule has 8 heteroatoms. The maximum atomic E-state index is 6.82. The Labute approximate surface area is 327 Å². The van der Waals surface area contributed by atoms with E-state index < -0.39 is 0 Å². The van der Waals surface area contributed by atoms with Crippen LogP contribution >= 0.6 is 22.7 Å². The molecule has 6 aromatic heterocycles. The fraction of sp³-hybridized carbons (Fsp3) is 0. The Bertz CT molecular complexity index is 3350. The molecule has 0 saturated carbocycles. The lowest BCUT2D eigenvalue weighted by Crippen LogP contribution is -2.02. The first-order valence-electron chi connectivity index (χ1n) is 18.5.